The van der Waals surface area contributed by atoms with Crippen molar-refractivity contribution in [3.63, 3.8) is 0 Å². The molecule has 0 atom stereocenters. The zero-order valence-electron chi connectivity index (χ0n) is 10.6. The van der Waals surface area contributed by atoms with Gasteiger partial charge in [0.15, 0.2) is 0 Å². The number of aromatic amines is 1. The molecular weight excluding hydrogens is 246 g/mol. The zero-order chi connectivity index (χ0) is 13.7. The SMILES string of the molecule is COC(=O)CCC(=O)NCc1nc2ccccc2[nH]1. The molecule has 2 aromatic rings. The Kier molecular flexibility index (Phi) is 4.12. The lowest BCUT2D eigenvalue weighted by Crippen LogP contribution is -2.24. The number of rotatable bonds is 5. The number of fused-ring (bicyclic) bond motifs is 1. The molecule has 0 bridgehead atoms. The summed E-state index contributed by atoms with van der Waals surface area (Å²) in [6.07, 6.45) is 0.204. The highest BCUT2D eigenvalue weighted by molar-refractivity contribution is 5.81. The maximum absolute atomic E-state index is 11.5. The summed E-state index contributed by atoms with van der Waals surface area (Å²) in [5.74, 6) is 0.0948. The van der Waals surface area contributed by atoms with Gasteiger partial charge in [-0.3, -0.25) is 9.59 Å². The van der Waals surface area contributed by atoms with E-state index in [0.717, 1.165) is 11.0 Å². The Hall–Kier alpha value is -2.37. The number of esters is 1. The van der Waals surface area contributed by atoms with Crippen LogP contribution in [0.25, 0.3) is 11.0 Å². The highest BCUT2D eigenvalue weighted by Gasteiger charge is 2.07. The van der Waals surface area contributed by atoms with Crippen molar-refractivity contribution in [1.82, 2.24) is 15.3 Å². The van der Waals surface area contributed by atoms with Crippen molar-refractivity contribution in [2.45, 2.75) is 19.4 Å². The van der Waals surface area contributed by atoms with E-state index in [-0.39, 0.29) is 24.7 Å². The van der Waals surface area contributed by atoms with Gasteiger partial charge in [-0.1, -0.05) is 12.1 Å². The number of carbonyl (C=O) groups excluding carboxylic acids is 2. The summed E-state index contributed by atoms with van der Waals surface area (Å²) in [5, 5.41) is 2.70. The Morgan fingerprint density at radius 3 is 2.84 bits per heavy atom. The van der Waals surface area contributed by atoms with Crippen LogP contribution in [0.5, 0.6) is 0 Å². The maximum atomic E-state index is 11.5. The first-order valence-corrected chi connectivity index (χ1v) is 5.96. The van der Waals surface area contributed by atoms with Crippen LogP contribution in [0.3, 0.4) is 0 Å². The highest BCUT2D eigenvalue weighted by atomic mass is 16.5. The number of nitrogens with one attached hydrogen (secondary N) is 2. The molecule has 0 fully saturated rings. The number of imidazole rings is 1. The van der Waals surface area contributed by atoms with Gasteiger partial charge in [-0.2, -0.15) is 0 Å². The van der Waals surface area contributed by atoms with Gasteiger partial charge in [0.2, 0.25) is 5.91 Å². The number of para-hydroxylation sites is 2. The second kappa shape index (κ2) is 5.99. The minimum absolute atomic E-state index is 0.0858. The molecule has 0 spiro atoms. The quantitative estimate of drug-likeness (QED) is 0.790. The van der Waals surface area contributed by atoms with E-state index in [1.54, 1.807) is 0 Å². The summed E-state index contributed by atoms with van der Waals surface area (Å²) in [6.45, 7) is 0.314. The average Bonchev–Trinajstić information content (AvgIpc) is 2.85. The average molecular weight is 261 g/mol. The van der Waals surface area contributed by atoms with Gasteiger partial charge in [0.1, 0.15) is 5.82 Å². The number of nitrogens with zero attached hydrogens (tertiary/aromatic N) is 1. The van der Waals surface area contributed by atoms with E-state index in [2.05, 4.69) is 20.0 Å². The fraction of sp³-hybridized carbons (Fsp3) is 0.308. The third-order valence-electron chi connectivity index (χ3n) is 2.68. The Labute approximate surface area is 110 Å². The van der Waals surface area contributed by atoms with Crippen molar-refractivity contribution >= 4 is 22.9 Å². The van der Waals surface area contributed by atoms with Crippen LogP contribution in [0.15, 0.2) is 24.3 Å². The smallest absolute Gasteiger partial charge is 0.306 e. The molecule has 0 radical (unpaired) electrons. The molecule has 1 aromatic heterocycles. The topological polar surface area (TPSA) is 84.1 Å². The van der Waals surface area contributed by atoms with E-state index in [1.165, 1.54) is 7.11 Å². The molecule has 6 nitrogen and oxygen atoms in total. The number of aromatic nitrogens is 2. The van der Waals surface area contributed by atoms with E-state index < -0.39 is 0 Å². The van der Waals surface area contributed by atoms with Crippen molar-refractivity contribution in [1.29, 1.82) is 0 Å². The number of methoxy groups -OCH3 is 1. The van der Waals surface area contributed by atoms with E-state index in [1.807, 2.05) is 24.3 Å². The number of hydrogen-bond acceptors (Lipinski definition) is 4. The number of ether oxygens (including phenoxy) is 1. The van der Waals surface area contributed by atoms with Crippen molar-refractivity contribution in [3.05, 3.63) is 30.1 Å². The van der Waals surface area contributed by atoms with E-state index >= 15 is 0 Å². The van der Waals surface area contributed by atoms with Gasteiger partial charge in [0, 0.05) is 6.42 Å². The number of carbonyl (C=O) groups is 2. The molecule has 1 aromatic carbocycles. The second-order valence-electron chi connectivity index (χ2n) is 4.05. The van der Waals surface area contributed by atoms with Crippen LogP contribution in [0.4, 0.5) is 0 Å². The normalized spacial score (nSPS) is 10.4. The van der Waals surface area contributed by atoms with Crippen molar-refractivity contribution < 1.29 is 14.3 Å². The molecule has 0 saturated heterocycles. The van der Waals surface area contributed by atoms with Gasteiger partial charge < -0.3 is 15.0 Å². The number of benzene rings is 1. The van der Waals surface area contributed by atoms with Gasteiger partial charge in [-0.25, -0.2) is 4.98 Å². The maximum Gasteiger partial charge on any atom is 0.306 e. The van der Waals surface area contributed by atoms with Crippen LogP contribution in [0.2, 0.25) is 0 Å². The zero-order valence-corrected chi connectivity index (χ0v) is 10.6. The number of H-pyrrole nitrogens is 1. The molecule has 0 aliphatic carbocycles. The molecule has 2 rings (SSSR count). The van der Waals surface area contributed by atoms with Gasteiger partial charge in [0.25, 0.3) is 0 Å². The molecule has 0 aliphatic heterocycles. The van der Waals surface area contributed by atoms with Gasteiger partial charge >= 0.3 is 5.97 Å². The molecule has 6 heteroatoms. The molecule has 2 N–H and O–H groups in total. The first-order chi connectivity index (χ1) is 9.19. The van der Waals surface area contributed by atoms with Crippen LogP contribution in [0, 0.1) is 0 Å². The summed E-state index contributed by atoms with van der Waals surface area (Å²) in [6, 6.07) is 7.64. The second-order valence-corrected chi connectivity index (χ2v) is 4.05. The Bertz CT molecular complexity index is 559. The minimum Gasteiger partial charge on any atom is -0.469 e. The Morgan fingerprint density at radius 1 is 1.32 bits per heavy atom. The van der Waals surface area contributed by atoms with Crippen molar-refractivity contribution in [2.24, 2.45) is 0 Å². The molecule has 19 heavy (non-hydrogen) atoms. The monoisotopic (exact) mass is 261 g/mol. The molecule has 1 amide bonds. The standard InChI is InChI=1S/C13H15N3O3/c1-19-13(18)7-6-12(17)14-8-11-15-9-4-2-3-5-10(9)16-11/h2-5H,6-8H2,1H3,(H,14,17)(H,15,16). The summed E-state index contributed by atoms with van der Waals surface area (Å²) in [7, 11) is 1.30. The summed E-state index contributed by atoms with van der Waals surface area (Å²) in [4.78, 5) is 29.8. The number of amides is 1. The molecule has 100 valence electrons. The van der Waals surface area contributed by atoms with Crippen LogP contribution >= 0.6 is 0 Å². The lowest BCUT2D eigenvalue weighted by atomic mass is 10.3. The molecular formula is C13H15N3O3. The summed E-state index contributed by atoms with van der Waals surface area (Å²) < 4.78 is 4.47. The summed E-state index contributed by atoms with van der Waals surface area (Å²) in [5.41, 5.74) is 1.79. The molecule has 1 heterocycles. The van der Waals surface area contributed by atoms with Gasteiger partial charge in [0.05, 0.1) is 31.1 Å². The Balaban J connectivity index is 1.84. The lowest BCUT2D eigenvalue weighted by Gasteiger charge is -2.02. The van der Waals surface area contributed by atoms with Crippen LogP contribution in [-0.2, 0) is 20.9 Å². The van der Waals surface area contributed by atoms with Gasteiger partial charge in [-0.05, 0) is 12.1 Å². The third-order valence-corrected chi connectivity index (χ3v) is 2.68. The largest absolute Gasteiger partial charge is 0.469 e. The lowest BCUT2D eigenvalue weighted by molar-refractivity contribution is -0.142. The van der Waals surface area contributed by atoms with Crippen molar-refractivity contribution in [2.75, 3.05) is 7.11 Å². The van der Waals surface area contributed by atoms with Crippen LogP contribution in [0.1, 0.15) is 18.7 Å². The Morgan fingerprint density at radius 2 is 2.11 bits per heavy atom. The third kappa shape index (κ3) is 3.54. The predicted molar refractivity (Wildman–Crippen MR) is 69.2 cm³/mol. The first-order valence-electron chi connectivity index (χ1n) is 5.96. The predicted octanol–water partition coefficient (Wildman–Crippen LogP) is 1.13. The number of hydrogen-bond donors (Lipinski definition) is 2. The van der Waals surface area contributed by atoms with E-state index in [0.29, 0.717) is 12.4 Å². The first kappa shape index (κ1) is 13.1. The van der Waals surface area contributed by atoms with Gasteiger partial charge in [-0.15, -0.1) is 0 Å². The fourth-order valence-electron chi connectivity index (χ4n) is 1.68. The summed E-state index contributed by atoms with van der Waals surface area (Å²) >= 11 is 0. The minimum atomic E-state index is -0.390. The highest BCUT2D eigenvalue weighted by Crippen LogP contribution is 2.09. The van der Waals surface area contributed by atoms with Crippen LogP contribution < -0.4 is 5.32 Å². The van der Waals surface area contributed by atoms with Crippen LogP contribution in [-0.4, -0.2) is 29.0 Å². The van der Waals surface area contributed by atoms with E-state index in [9.17, 15) is 9.59 Å². The van der Waals surface area contributed by atoms with Crippen molar-refractivity contribution in [3.8, 4) is 0 Å². The fourth-order valence-corrected chi connectivity index (χ4v) is 1.68. The molecule has 0 unspecified atom stereocenters. The molecule has 0 aliphatic rings. The van der Waals surface area contributed by atoms with E-state index in [4.69, 9.17) is 0 Å². The molecule has 0 saturated carbocycles.